The molecule has 0 fully saturated rings. The van der Waals surface area contributed by atoms with Crippen molar-refractivity contribution in [2.45, 2.75) is 6.92 Å². The van der Waals surface area contributed by atoms with Gasteiger partial charge in [0.15, 0.2) is 0 Å². The lowest BCUT2D eigenvalue weighted by molar-refractivity contribution is 0.327. The topological polar surface area (TPSA) is 47.0 Å². The third kappa shape index (κ3) is 3.43. The van der Waals surface area contributed by atoms with Crippen LogP contribution in [0.5, 0.6) is 5.88 Å². The summed E-state index contributed by atoms with van der Waals surface area (Å²) < 4.78 is 7.08. The van der Waals surface area contributed by atoms with Gasteiger partial charge >= 0.3 is 0 Å². The molecule has 18 heavy (non-hydrogen) atoms. The summed E-state index contributed by atoms with van der Waals surface area (Å²) in [5, 5.41) is 3.17. The highest BCUT2D eigenvalue weighted by atomic mass is 79.9. The summed E-state index contributed by atoms with van der Waals surface area (Å²) in [6.07, 6.45) is 3.44. The highest BCUT2D eigenvalue weighted by Crippen LogP contribution is 2.26. The van der Waals surface area contributed by atoms with Gasteiger partial charge in [0.2, 0.25) is 5.88 Å². The molecule has 4 nitrogen and oxygen atoms in total. The predicted molar refractivity (Wildman–Crippen MR) is 78.3 cm³/mol. The van der Waals surface area contributed by atoms with Crippen LogP contribution in [0.15, 0.2) is 39.5 Å². The van der Waals surface area contributed by atoms with Crippen molar-refractivity contribution >= 4 is 43.4 Å². The molecule has 0 aliphatic rings. The number of anilines is 2. The number of ether oxygens (including phenoxy) is 1. The maximum atomic E-state index is 5.28. The molecule has 0 aliphatic heterocycles. The lowest BCUT2D eigenvalue weighted by Gasteiger charge is -2.08. The molecule has 0 spiro atoms. The van der Waals surface area contributed by atoms with Crippen molar-refractivity contribution in [3.63, 3.8) is 0 Å². The van der Waals surface area contributed by atoms with Gasteiger partial charge in [0.25, 0.3) is 0 Å². The van der Waals surface area contributed by atoms with Crippen LogP contribution in [-0.4, -0.2) is 16.6 Å². The minimum Gasteiger partial charge on any atom is -0.478 e. The Morgan fingerprint density at radius 1 is 1.22 bits per heavy atom. The fourth-order valence-electron chi connectivity index (χ4n) is 1.33. The second kappa shape index (κ2) is 6.15. The van der Waals surface area contributed by atoms with Crippen LogP contribution in [0.4, 0.5) is 11.5 Å². The van der Waals surface area contributed by atoms with Crippen LogP contribution >= 0.6 is 31.9 Å². The lowest BCUT2D eigenvalue weighted by atomic mass is 10.4. The van der Waals surface area contributed by atoms with Gasteiger partial charge in [-0.25, -0.2) is 9.97 Å². The highest BCUT2D eigenvalue weighted by Gasteiger charge is 2.03. The van der Waals surface area contributed by atoms with Gasteiger partial charge in [0.05, 0.1) is 23.0 Å². The molecular formula is C12H11Br2N3O. The van der Waals surface area contributed by atoms with E-state index in [4.69, 9.17) is 4.74 Å². The first-order chi connectivity index (χ1) is 8.69. The summed E-state index contributed by atoms with van der Waals surface area (Å²) in [7, 11) is 0. The highest BCUT2D eigenvalue weighted by molar-refractivity contribution is 9.11. The summed E-state index contributed by atoms with van der Waals surface area (Å²) >= 11 is 6.80. The fraction of sp³-hybridized carbons (Fsp3) is 0.167. The molecule has 6 heteroatoms. The first-order valence-corrected chi connectivity index (χ1v) is 6.94. The van der Waals surface area contributed by atoms with Crippen molar-refractivity contribution in [1.29, 1.82) is 0 Å². The molecule has 0 atom stereocenters. The molecule has 0 saturated carbocycles. The molecule has 2 rings (SSSR count). The van der Waals surface area contributed by atoms with Crippen LogP contribution in [0.2, 0.25) is 0 Å². The zero-order valence-electron chi connectivity index (χ0n) is 9.65. The quantitative estimate of drug-likeness (QED) is 0.875. The zero-order valence-corrected chi connectivity index (χ0v) is 12.8. The van der Waals surface area contributed by atoms with Gasteiger partial charge in [-0.1, -0.05) is 0 Å². The molecule has 2 aromatic heterocycles. The molecule has 0 aromatic carbocycles. The Balaban J connectivity index is 2.13. The second-order valence-electron chi connectivity index (χ2n) is 3.43. The van der Waals surface area contributed by atoms with E-state index in [1.807, 2.05) is 25.1 Å². The van der Waals surface area contributed by atoms with E-state index in [-0.39, 0.29) is 0 Å². The molecule has 0 bridgehead atoms. The molecule has 0 unspecified atom stereocenters. The summed E-state index contributed by atoms with van der Waals surface area (Å²) in [4.78, 5) is 8.44. The summed E-state index contributed by atoms with van der Waals surface area (Å²) in [6.45, 7) is 2.54. The maximum absolute atomic E-state index is 5.28. The van der Waals surface area contributed by atoms with Crippen molar-refractivity contribution in [3.05, 3.63) is 39.5 Å². The first kappa shape index (κ1) is 13.3. The Kier molecular flexibility index (Phi) is 4.54. The molecular weight excluding hydrogens is 362 g/mol. The van der Waals surface area contributed by atoms with Gasteiger partial charge in [-0.2, -0.15) is 0 Å². The van der Waals surface area contributed by atoms with Crippen molar-refractivity contribution in [2.75, 3.05) is 11.9 Å². The Hall–Kier alpha value is -1.14. The zero-order chi connectivity index (χ0) is 13.0. The smallest absolute Gasteiger partial charge is 0.213 e. The van der Waals surface area contributed by atoms with Crippen LogP contribution in [-0.2, 0) is 0 Å². The molecule has 0 aliphatic carbocycles. The van der Waals surface area contributed by atoms with E-state index in [1.54, 1.807) is 12.4 Å². The van der Waals surface area contributed by atoms with Crippen LogP contribution in [0.3, 0.4) is 0 Å². The summed E-state index contributed by atoms with van der Waals surface area (Å²) in [5.41, 5.74) is 0.856. The SMILES string of the molecule is CCOc1ccc(Nc2ncc(Br)cc2Br)cn1. The average molecular weight is 373 g/mol. The number of hydrogen-bond donors (Lipinski definition) is 1. The van der Waals surface area contributed by atoms with E-state index in [9.17, 15) is 0 Å². The van der Waals surface area contributed by atoms with Gasteiger partial charge < -0.3 is 10.1 Å². The van der Waals surface area contributed by atoms with E-state index in [2.05, 4.69) is 47.1 Å². The molecule has 2 heterocycles. The van der Waals surface area contributed by atoms with Crippen molar-refractivity contribution in [1.82, 2.24) is 9.97 Å². The number of hydrogen-bond acceptors (Lipinski definition) is 4. The number of nitrogens with one attached hydrogen (secondary N) is 1. The van der Waals surface area contributed by atoms with Crippen molar-refractivity contribution in [2.24, 2.45) is 0 Å². The van der Waals surface area contributed by atoms with Gasteiger partial charge in [0, 0.05) is 16.7 Å². The normalized spacial score (nSPS) is 10.2. The van der Waals surface area contributed by atoms with E-state index in [1.165, 1.54) is 0 Å². The number of nitrogens with zero attached hydrogens (tertiary/aromatic N) is 2. The van der Waals surface area contributed by atoms with Gasteiger partial charge in [-0.15, -0.1) is 0 Å². The molecule has 0 saturated heterocycles. The van der Waals surface area contributed by atoms with Crippen LogP contribution in [0.25, 0.3) is 0 Å². The average Bonchev–Trinajstić information content (AvgIpc) is 2.35. The monoisotopic (exact) mass is 371 g/mol. The Morgan fingerprint density at radius 2 is 2.06 bits per heavy atom. The molecule has 94 valence electrons. The Labute approximate surface area is 122 Å². The van der Waals surface area contributed by atoms with Gasteiger partial charge in [-0.3, -0.25) is 0 Å². The van der Waals surface area contributed by atoms with E-state index in [0.717, 1.165) is 20.5 Å². The minimum absolute atomic E-state index is 0.611. The molecule has 0 radical (unpaired) electrons. The number of pyridine rings is 2. The maximum Gasteiger partial charge on any atom is 0.213 e. The number of halogens is 2. The van der Waals surface area contributed by atoms with Crippen LogP contribution in [0.1, 0.15) is 6.92 Å². The van der Waals surface area contributed by atoms with Crippen LogP contribution < -0.4 is 10.1 Å². The molecule has 0 amide bonds. The number of rotatable bonds is 4. The first-order valence-electron chi connectivity index (χ1n) is 5.36. The second-order valence-corrected chi connectivity index (χ2v) is 5.20. The third-order valence-corrected chi connectivity index (χ3v) is 3.14. The molecule has 1 N–H and O–H groups in total. The molecule has 2 aromatic rings. The number of aromatic nitrogens is 2. The standard InChI is InChI=1S/C12H11Br2N3O/c1-2-18-11-4-3-9(7-15-11)17-12-10(14)5-8(13)6-16-12/h3-7H,2H2,1H3,(H,16,17). The predicted octanol–water partition coefficient (Wildman–Crippen LogP) is 4.14. The minimum atomic E-state index is 0.611. The summed E-state index contributed by atoms with van der Waals surface area (Å²) in [6, 6.07) is 5.64. The van der Waals surface area contributed by atoms with E-state index in [0.29, 0.717) is 12.5 Å². The fourth-order valence-corrected chi connectivity index (χ4v) is 2.42. The Bertz CT molecular complexity index is 531. The largest absolute Gasteiger partial charge is 0.478 e. The van der Waals surface area contributed by atoms with Crippen LogP contribution in [0, 0.1) is 0 Å². The van der Waals surface area contributed by atoms with Crippen molar-refractivity contribution in [3.8, 4) is 5.88 Å². The van der Waals surface area contributed by atoms with E-state index >= 15 is 0 Å². The lowest BCUT2D eigenvalue weighted by Crippen LogP contribution is -1.97. The van der Waals surface area contributed by atoms with Crippen molar-refractivity contribution < 1.29 is 4.74 Å². The summed E-state index contributed by atoms with van der Waals surface area (Å²) in [5.74, 6) is 1.36. The Morgan fingerprint density at radius 3 is 2.67 bits per heavy atom. The van der Waals surface area contributed by atoms with Gasteiger partial charge in [0.1, 0.15) is 5.82 Å². The van der Waals surface area contributed by atoms with E-state index < -0.39 is 0 Å². The van der Waals surface area contributed by atoms with Gasteiger partial charge in [-0.05, 0) is 50.9 Å². The third-order valence-electron chi connectivity index (χ3n) is 2.10.